The summed E-state index contributed by atoms with van der Waals surface area (Å²) in [5, 5.41) is 0. The van der Waals surface area contributed by atoms with E-state index in [2.05, 4.69) is 4.74 Å². The first-order chi connectivity index (χ1) is 5.75. The van der Waals surface area contributed by atoms with Gasteiger partial charge < -0.3 is 4.74 Å². The van der Waals surface area contributed by atoms with Gasteiger partial charge in [-0.15, -0.1) is 0 Å². The van der Waals surface area contributed by atoms with Crippen LogP contribution in [0.4, 0.5) is 4.39 Å². The number of carbonyl (C=O) groups is 2. The Labute approximate surface area is 69.9 Å². The summed E-state index contributed by atoms with van der Waals surface area (Å²) in [7, 11) is 0. The lowest BCUT2D eigenvalue weighted by Crippen LogP contribution is -2.22. The summed E-state index contributed by atoms with van der Waals surface area (Å²) in [5.41, 5.74) is 0. The van der Waals surface area contributed by atoms with Crippen LogP contribution in [0.3, 0.4) is 0 Å². The molecule has 1 aliphatic rings. The van der Waals surface area contributed by atoms with Gasteiger partial charge in [-0.25, -0.2) is 4.39 Å². The van der Waals surface area contributed by atoms with E-state index in [0.717, 1.165) is 6.42 Å². The molecule has 1 unspecified atom stereocenters. The first-order valence-electron chi connectivity index (χ1n) is 4.01. The van der Waals surface area contributed by atoms with Gasteiger partial charge in [-0.3, -0.25) is 9.59 Å². The highest BCUT2D eigenvalue weighted by atomic mass is 19.1. The number of ketones is 1. The van der Waals surface area contributed by atoms with E-state index in [0.29, 0.717) is 12.8 Å². The highest BCUT2D eigenvalue weighted by molar-refractivity contribution is 6.00. The third-order valence-electron chi connectivity index (χ3n) is 1.91. The van der Waals surface area contributed by atoms with Crippen molar-refractivity contribution in [2.45, 2.75) is 19.3 Å². The molecule has 0 aliphatic heterocycles. The molecule has 3 nitrogen and oxygen atoms in total. The number of hydrogen-bond acceptors (Lipinski definition) is 3. The second kappa shape index (κ2) is 4.18. The van der Waals surface area contributed by atoms with Crippen molar-refractivity contribution >= 4 is 11.8 Å². The lowest BCUT2D eigenvalue weighted by molar-refractivity contribution is -0.151. The fourth-order valence-electron chi connectivity index (χ4n) is 1.30. The Balaban J connectivity index is 2.36. The number of alkyl halides is 1. The van der Waals surface area contributed by atoms with Gasteiger partial charge in [-0.1, -0.05) is 0 Å². The largest absolute Gasteiger partial charge is 0.462 e. The van der Waals surface area contributed by atoms with Gasteiger partial charge >= 0.3 is 5.97 Å². The lowest BCUT2D eigenvalue weighted by atomic mass is 10.1. The van der Waals surface area contributed by atoms with E-state index in [1.165, 1.54) is 0 Å². The minimum absolute atomic E-state index is 0.0705. The smallest absolute Gasteiger partial charge is 0.316 e. The van der Waals surface area contributed by atoms with Crippen molar-refractivity contribution in [2.75, 3.05) is 13.3 Å². The van der Waals surface area contributed by atoms with Gasteiger partial charge in [0.2, 0.25) is 0 Å². The minimum Gasteiger partial charge on any atom is -0.462 e. The average Bonchev–Trinajstić information content (AvgIpc) is 2.47. The van der Waals surface area contributed by atoms with Crippen LogP contribution in [-0.2, 0) is 14.3 Å². The van der Waals surface area contributed by atoms with Crippen molar-refractivity contribution < 1.29 is 18.7 Å². The quantitative estimate of drug-likeness (QED) is 0.471. The Morgan fingerprint density at radius 2 is 2.42 bits per heavy atom. The molecule has 0 N–H and O–H groups in total. The van der Waals surface area contributed by atoms with Crippen LogP contribution in [0.25, 0.3) is 0 Å². The van der Waals surface area contributed by atoms with E-state index >= 15 is 0 Å². The molecule has 1 fully saturated rings. The standard InChI is InChI=1S/C8H11FO3/c9-4-5-12-8(11)6-2-1-3-7(6)10/h6H,1-5H2. The molecule has 4 heteroatoms. The molecular weight excluding hydrogens is 163 g/mol. The molecule has 0 aromatic rings. The molecule has 68 valence electrons. The minimum atomic E-state index is -0.688. The Morgan fingerprint density at radius 1 is 1.67 bits per heavy atom. The molecule has 0 bridgehead atoms. The Morgan fingerprint density at radius 3 is 2.92 bits per heavy atom. The highest BCUT2D eigenvalue weighted by Crippen LogP contribution is 2.22. The van der Waals surface area contributed by atoms with Gasteiger partial charge in [-0.2, -0.15) is 0 Å². The highest BCUT2D eigenvalue weighted by Gasteiger charge is 2.31. The van der Waals surface area contributed by atoms with Crippen molar-refractivity contribution in [3.63, 3.8) is 0 Å². The molecule has 0 amide bonds. The van der Waals surface area contributed by atoms with Gasteiger partial charge in [0.25, 0.3) is 0 Å². The zero-order valence-corrected chi connectivity index (χ0v) is 6.72. The number of ether oxygens (including phenoxy) is 1. The molecule has 12 heavy (non-hydrogen) atoms. The third kappa shape index (κ3) is 2.03. The first kappa shape index (κ1) is 9.16. The maximum atomic E-state index is 11.6. The van der Waals surface area contributed by atoms with Gasteiger partial charge in [0.15, 0.2) is 0 Å². The van der Waals surface area contributed by atoms with Gasteiger partial charge in [-0.05, 0) is 12.8 Å². The van der Waals surface area contributed by atoms with Crippen molar-refractivity contribution in [1.29, 1.82) is 0 Å². The number of carbonyl (C=O) groups excluding carboxylic acids is 2. The summed E-state index contributed by atoms with van der Waals surface area (Å²) >= 11 is 0. The second-order valence-electron chi connectivity index (χ2n) is 2.77. The molecule has 0 saturated heterocycles. The summed E-state index contributed by atoms with van der Waals surface area (Å²) in [6, 6.07) is 0. The molecular formula is C8H11FO3. The SMILES string of the molecule is O=C1CCCC1C(=O)OCCF. The fourth-order valence-corrected chi connectivity index (χ4v) is 1.30. The molecule has 0 aromatic heterocycles. The molecule has 1 saturated carbocycles. The molecule has 1 rings (SSSR count). The van der Waals surface area contributed by atoms with E-state index in [1.54, 1.807) is 0 Å². The van der Waals surface area contributed by atoms with Crippen molar-refractivity contribution in [3.05, 3.63) is 0 Å². The van der Waals surface area contributed by atoms with Crippen LogP contribution in [0.15, 0.2) is 0 Å². The summed E-state index contributed by atoms with van der Waals surface area (Å²) in [6.07, 6.45) is 1.76. The molecule has 0 aromatic carbocycles. The normalized spacial score (nSPS) is 22.8. The maximum Gasteiger partial charge on any atom is 0.316 e. The number of hydrogen-bond donors (Lipinski definition) is 0. The van der Waals surface area contributed by atoms with Crippen molar-refractivity contribution in [2.24, 2.45) is 5.92 Å². The summed E-state index contributed by atoms with van der Waals surface area (Å²) < 4.78 is 16.1. The summed E-state index contributed by atoms with van der Waals surface area (Å²) in [5.74, 6) is -1.24. The molecule has 1 atom stereocenters. The maximum absolute atomic E-state index is 11.6. The van der Waals surface area contributed by atoms with Crippen LogP contribution in [-0.4, -0.2) is 25.0 Å². The average molecular weight is 174 g/mol. The number of rotatable bonds is 3. The fraction of sp³-hybridized carbons (Fsp3) is 0.750. The first-order valence-corrected chi connectivity index (χ1v) is 4.01. The Bertz CT molecular complexity index is 191. The van der Waals surface area contributed by atoms with Crippen LogP contribution < -0.4 is 0 Å². The topological polar surface area (TPSA) is 43.4 Å². The molecule has 0 spiro atoms. The second-order valence-corrected chi connectivity index (χ2v) is 2.77. The number of esters is 1. The van der Waals surface area contributed by atoms with Crippen LogP contribution in [0, 0.1) is 5.92 Å². The van der Waals surface area contributed by atoms with Gasteiger partial charge in [0, 0.05) is 6.42 Å². The molecule has 0 heterocycles. The summed E-state index contributed by atoms with van der Waals surface area (Å²) in [6.45, 7) is -0.921. The van der Waals surface area contributed by atoms with Crippen LogP contribution in [0.2, 0.25) is 0 Å². The van der Waals surface area contributed by atoms with E-state index in [4.69, 9.17) is 0 Å². The monoisotopic (exact) mass is 174 g/mol. The zero-order chi connectivity index (χ0) is 8.97. The Hall–Kier alpha value is -0.930. The zero-order valence-electron chi connectivity index (χ0n) is 6.72. The van der Waals surface area contributed by atoms with Crippen molar-refractivity contribution in [1.82, 2.24) is 0 Å². The van der Waals surface area contributed by atoms with Crippen LogP contribution in [0.5, 0.6) is 0 Å². The third-order valence-corrected chi connectivity index (χ3v) is 1.91. The number of Topliss-reactive ketones (excluding diaryl/α,β-unsaturated/α-hetero) is 1. The lowest BCUT2D eigenvalue weighted by Gasteiger charge is -2.06. The summed E-state index contributed by atoms with van der Waals surface area (Å²) in [4.78, 5) is 22.0. The van der Waals surface area contributed by atoms with Gasteiger partial charge in [0.1, 0.15) is 25.0 Å². The van der Waals surface area contributed by atoms with Crippen LogP contribution in [0.1, 0.15) is 19.3 Å². The number of halogens is 1. The van der Waals surface area contributed by atoms with Gasteiger partial charge in [0.05, 0.1) is 0 Å². The van der Waals surface area contributed by atoms with E-state index < -0.39 is 18.6 Å². The predicted octanol–water partition coefficient (Wildman–Crippen LogP) is 0.868. The molecule has 0 radical (unpaired) electrons. The van der Waals surface area contributed by atoms with Crippen molar-refractivity contribution in [3.8, 4) is 0 Å². The Kier molecular flexibility index (Phi) is 3.19. The van der Waals surface area contributed by atoms with E-state index in [-0.39, 0.29) is 12.4 Å². The van der Waals surface area contributed by atoms with E-state index in [9.17, 15) is 14.0 Å². The molecule has 1 aliphatic carbocycles. The predicted molar refractivity (Wildman–Crippen MR) is 39.3 cm³/mol. The van der Waals surface area contributed by atoms with Crippen LogP contribution >= 0.6 is 0 Å². The van der Waals surface area contributed by atoms with E-state index in [1.807, 2.05) is 0 Å².